The number of halogens is 1. The summed E-state index contributed by atoms with van der Waals surface area (Å²) in [6.07, 6.45) is 5.38. The maximum absolute atomic E-state index is 13.0. The quantitative estimate of drug-likeness (QED) is 0.406. The van der Waals surface area contributed by atoms with E-state index in [0.29, 0.717) is 37.0 Å². The Morgan fingerprint density at radius 1 is 1.28 bits per heavy atom. The molecule has 1 unspecified atom stereocenters. The van der Waals surface area contributed by atoms with Gasteiger partial charge in [0.1, 0.15) is 5.92 Å². The van der Waals surface area contributed by atoms with E-state index in [1.54, 1.807) is 24.2 Å². The average molecular weight is 494 g/mol. The third-order valence-corrected chi connectivity index (χ3v) is 5.77. The minimum absolute atomic E-state index is 0.124. The van der Waals surface area contributed by atoms with Crippen molar-refractivity contribution in [3.63, 3.8) is 0 Å². The number of hydrogen-bond acceptors (Lipinski definition) is 7. The summed E-state index contributed by atoms with van der Waals surface area (Å²) < 4.78 is 7.84. The fraction of sp³-hybridized carbons (Fsp3) is 0.227. The largest absolute Gasteiger partial charge is 0.383 e. The number of carbonyl (C=O) groups excluding carboxylic acids is 1. The second kappa shape index (κ2) is 8.64. The number of methoxy groups -OCH3 is 1. The summed E-state index contributed by atoms with van der Waals surface area (Å²) in [7, 11) is 1.65. The lowest BCUT2D eigenvalue weighted by Crippen LogP contribution is -2.16. The SMILES string of the molecule is COCCn1cc2c(C3C(=O)Nc4ccc(Br)cc43)nc(NCc3cccnc3)nc2n1. The number of nitrogens with zero attached hydrogens (tertiary/aromatic N) is 5. The van der Waals surface area contributed by atoms with Crippen LogP contribution in [0, 0.1) is 0 Å². The van der Waals surface area contributed by atoms with Crippen molar-refractivity contribution in [3.05, 3.63) is 70.2 Å². The molecule has 32 heavy (non-hydrogen) atoms. The van der Waals surface area contributed by atoms with Crippen LogP contribution in [0.15, 0.2) is 53.4 Å². The molecule has 4 aromatic rings. The molecule has 9 nitrogen and oxygen atoms in total. The Hall–Kier alpha value is -3.37. The number of ether oxygens (including phenoxy) is 1. The molecule has 0 radical (unpaired) electrons. The monoisotopic (exact) mass is 493 g/mol. The van der Waals surface area contributed by atoms with Crippen molar-refractivity contribution < 1.29 is 9.53 Å². The Morgan fingerprint density at radius 3 is 3.00 bits per heavy atom. The van der Waals surface area contributed by atoms with Gasteiger partial charge in [-0.1, -0.05) is 22.0 Å². The molecule has 0 aliphatic carbocycles. The summed E-state index contributed by atoms with van der Waals surface area (Å²) in [5, 5.41) is 11.5. The van der Waals surface area contributed by atoms with E-state index in [1.165, 1.54) is 0 Å². The van der Waals surface area contributed by atoms with Gasteiger partial charge in [0.15, 0.2) is 5.65 Å². The zero-order chi connectivity index (χ0) is 22.1. The van der Waals surface area contributed by atoms with Gasteiger partial charge in [-0.3, -0.25) is 14.5 Å². The Labute approximate surface area is 192 Å². The highest BCUT2D eigenvalue weighted by Gasteiger charge is 2.35. The smallest absolute Gasteiger partial charge is 0.238 e. The number of aromatic nitrogens is 5. The summed E-state index contributed by atoms with van der Waals surface area (Å²) in [5.41, 5.74) is 3.79. The molecular formula is C22H20BrN7O2. The third-order valence-electron chi connectivity index (χ3n) is 5.27. The number of nitrogens with one attached hydrogen (secondary N) is 2. The summed E-state index contributed by atoms with van der Waals surface area (Å²) in [6.45, 7) is 1.59. The van der Waals surface area contributed by atoms with Crippen molar-refractivity contribution in [2.45, 2.75) is 19.0 Å². The summed E-state index contributed by atoms with van der Waals surface area (Å²) in [6, 6.07) is 9.59. The fourth-order valence-corrected chi connectivity index (χ4v) is 4.14. The molecule has 1 aliphatic rings. The average Bonchev–Trinajstić information content (AvgIpc) is 3.36. The molecule has 0 fully saturated rings. The van der Waals surface area contributed by atoms with Gasteiger partial charge >= 0.3 is 0 Å². The Morgan fingerprint density at radius 2 is 2.19 bits per heavy atom. The first-order valence-electron chi connectivity index (χ1n) is 10.1. The highest BCUT2D eigenvalue weighted by molar-refractivity contribution is 9.10. The molecule has 1 aliphatic heterocycles. The lowest BCUT2D eigenvalue weighted by atomic mass is 9.95. The van der Waals surface area contributed by atoms with Crippen molar-refractivity contribution in [1.29, 1.82) is 0 Å². The molecule has 1 amide bonds. The van der Waals surface area contributed by atoms with Gasteiger partial charge in [-0.25, -0.2) is 4.98 Å². The van der Waals surface area contributed by atoms with Gasteiger partial charge in [-0.2, -0.15) is 10.1 Å². The maximum Gasteiger partial charge on any atom is 0.238 e. The standard InChI is InChI=1S/C22H20BrN7O2/c1-32-8-7-30-12-16-19(18-15-9-14(23)4-5-17(15)26-21(18)31)27-22(28-20(16)29-30)25-11-13-3-2-6-24-10-13/h2-6,9-10,12,18H,7-8,11H2,1H3,(H,26,31)(H,25,28,29). The van der Waals surface area contributed by atoms with E-state index in [-0.39, 0.29) is 5.91 Å². The van der Waals surface area contributed by atoms with Crippen LogP contribution in [0.4, 0.5) is 11.6 Å². The predicted octanol–water partition coefficient (Wildman–Crippen LogP) is 3.33. The topological polar surface area (TPSA) is 107 Å². The number of amides is 1. The lowest BCUT2D eigenvalue weighted by molar-refractivity contribution is -0.116. The van der Waals surface area contributed by atoms with Crippen LogP contribution in [0.2, 0.25) is 0 Å². The first kappa shape index (κ1) is 20.5. The lowest BCUT2D eigenvalue weighted by Gasteiger charge is -2.12. The zero-order valence-corrected chi connectivity index (χ0v) is 18.8. The number of benzene rings is 1. The number of rotatable bonds is 7. The van der Waals surface area contributed by atoms with Gasteiger partial charge in [0, 0.05) is 42.4 Å². The normalized spacial score (nSPS) is 15.1. The molecule has 0 saturated carbocycles. The van der Waals surface area contributed by atoms with Gasteiger partial charge in [-0.15, -0.1) is 0 Å². The number of carbonyl (C=O) groups is 1. The molecule has 4 heterocycles. The molecule has 1 atom stereocenters. The molecular weight excluding hydrogens is 474 g/mol. The first-order valence-corrected chi connectivity index (χ1v) is 10.9. The fourth-order valence-electron chi connectivity index (χ4n) is 3.76. The van der Waals surface area contributed by atoms with Gasteiger partial charge < -0.3 is 15.4 Å². The van der Waals surface area contributed by atoms with E-state index in [0.717, 1.165) is 26.7 Å². The molecule has 162 valence electrons. The predicted molar refractivity (Wildman–Crippen MR) is 123 cm³/mol. The van der Waals surface area contributed by atoms with E-state index in [2.05, 4.69) is 41.6 Å². The molecule has 0 saturated heterocycles. The Balaban J connectivity index is 1.59. The van der Waals surface area contributed by atoms with Crippen LogP contribution in [-0.2, 0) is 22.6 Å². The molecule has 1 aromatic carbocycles. The molecule has 10 heteroatoms. The summed E-state index contributed by atoms with van der Waals surface area (Å²) in [5.74, 6) is -0.280. The van der Waals surface area contributed by atoms with E-state index < -0.39 is 5.92 Å². The van der Waals surface area contributed by atoms with Crippen LogP contribution in [0.25, 0.3) is 11.0 Å². The molecule has 5 rings (SSSR count). The third kappa shape index (κ3) is 3.94. The first-order chi connectivity index (χ1) is 15.6. The number of anilines is 2. The van der Waals surface area contributed by atoms with Crippen LogP contribution in [0.1, 0.15) is 22.7 Å². The van der Waals surface area contributed by atoms with Crippen molar-refractivity contribution >= 4 is 44.5 Å². The van der Waals surface area contributed by atoms with Crippen molar-refractivity contribution in [2.75, 3.05) is 24.4 Å². The second-order valence-electron chi connectivity index (χ2n) is 7.42. The van der Waals surface area contributed by atoms with Gasteiger partial charge in [0.2, 0.25) is 11.9 Å². The Kier molecular flexibility index (Phi) is 5.54. The van der Waals surface area contributed by atoms with Gasteiger partial charge in [0.05, 0.1) is 24.2 Å². The van der Waals surface area contributed by atoms with Gasteiger partial charge in [-0.05, 0) is 35.4 Å². The summed E-state index contributed by atoms with van der Waals surface area (Å²) in [4.78, 5) is 26.5. The molecule has 0 spiro atoms. The van der Waals surface area contributed by atoms with Crippen LogP contribution in [0.5, 0.6) is 0 Å². The molecule has 2 N–H and O–H groups in total. The van der Waals surface area contributed by atoms with Crippen LogP contribution < -0.4 is 10.6 Å². The van der Waals surface area contributed by atoms with E-state index >= 15 is 0 Å². The van der Waals surface area contributed by atoms with Crippen LogP contribution in [0.3, 0.4) is 0 Å². The number of fused-ring (bicyclic) bond motifs is 2. The van der Waals surface area contributed by atoms with E-state index in [9.17, 15) is 4.79 Å². The highest BCUT2D eigenvalue weighted by Crippen LogP contribution is 2.40. The summed E-state index contributed by atoms with van der Waals surface area (Å²) >= 11 is 3.51. The molecule has 0 bridgehead atoms. The second-order valence-corrected chi connectivity index (χ2v) is 8.34. The number of pyridine rings is 1. The minimum atomic E-state index is -0.563. The van der Waals surface area contributed by atoms with Crippen molar-refractivity contribution in [3.8, 4) is 0 Å². The molecule has 3 aromatic heterocycles. The van der Waals surface area contributed by atoms with Crippen LogP contribution in [-0.4, -0.2) is 44.4 Å². The number of hydrogen-bond donors (Lipinski definition) is 2. The van der Waals surface area contributed by atoms with E-state index in [1.807, 2.05) is 36.5 Å². The minimum Gasteiger partial charge on any atom is -0.383 e. The highest BCUT2D eigenvalue weighted by atomic mass is 79.9. The maximum atomic E-state index is 13.0. The zero-order valence-electron chi connectivity index (χ0n) is 17.2. The Bertz CT molecular complexity index is 1290. The van der Waals surface area contributed by atoms with Crippen LogP contribution >= 0.6 is 15.9 Å². The van der Waals surface area contributed by atoms with E-state index in [4.69, 9.17) is 9.72 Å². The van der Waals surface area contributed by atoms with Crippen molar-refractivity contribution in [2.24, 2.45) is 0 Å². The van der Waals surface area contributed by atoms with Gasteiger partial charge in [0.25, 0.3) is 0 Å². The van der Waals surface area contributed by atoms with Crippen molar-refractivity contribution in [1.82, 2.24) is 24.7 Å².